The summed E-state index contributed by atoms with van der Waals surface area (Å²) in [6.45, 7) is 9.03. The van der Waals surface area contributed by atoms with E-state index in [-0.39, 0.29) is 11.5 Å². The first-order chi connectivity index (χ1) is 7.95. The lowest BCUT2D eigenvalue weighted by molar-refractivity contribution is -0.142. The van der Waals surface area contributed by atoms with E-state index in [4.69, 9.17) is 4.74 Å². The summed E-state index contributed by atoms with van der Waals surface area (Å²) in [4.78, 5) is 13.4. The monoisotopic (exact) mass is 243 g/mol. The summed E-state index contributed by atoms with van der Waals surface area (Å²) in [5.74, 6) is -0.205. The van der Waals surface area contributed by atoms with Crippen LogP contribution in [-0.4, -0.2) is 49.3 Å². The van der Waals surface area contributed by atoms with Crippen LogP contribution in [0.4, 0.5) is 0 Å². The van der Waals surface area contributed by atoms with Gasteiger partial charge in [-0.1, -0.05) is 0 Å². The van der Waals surface area contributed by atoms with Crippen LogP contribution in [0.15, 0.2) is 0 Å². The van der Waals surface area contributed by atoms with Gasteiger partial charge in [-0.25, -0.2) is 0 Å². The van der Waals surface area contributed by atoms with Crippen LogP contribution in [0.5, 0.6) is 0 Å². The van der Waals surface area contributed by atoms with Crippen LogP contribution in [-0.2, 0) is 14.3 Å². The predicted molar refractivity (Wildman–Crippen MR) is 66.9 cm³/mol. The third kappa shape index (κ3) is 4.64. The average molecular weight is 243 g/mol. The number of carbonyl (C=O) groups excluding carboxylic acids is 1. The summed E-state index contributed by atoms with van der Waals surface area (Å²) in [5, 5.41) is 0. The molecule has 4 heteroatoms. The standard InChI is InChI=1S/C13H25NO3/c1-13(2,3)14-8-5-6-11(14)10-17-9-7-12(15)16-4/h11H,5-10H2,1-4H3/t11-/m1/s1. The molecule has 0 radical (unpaired) electrons. The predicted octanol–water partition coefficient (Wildman–Crippen LogP) is 1.83. The first kappa shape index (κ1) is 14.5. The summed E-state index contributed by atoms with van der Waals surface area (Å²) in [7, 11) is 1.40. The van der Waals surface area contributed by atoms with E-state index in [2.05, 4.69) is 30.4 Å². The van der Waals surface area contributed by atoms with Crippen LogP contribution in [0.2, 0.25) is 0 Å². The minimum Gasteiger partial charge on any atom is -0.469 e. The van der Waals surface area contributed by atoms with Crippen LogP contribution in [0.3, 0.4) is 0 Å². The molecule has 1 atom stereocenters. The summed E-state index contributed by atoms with van der Waals surface area (Å²) in [6.07, 6.45) is 2.77. The number of methoxy groups -OCH3 is 1. The van der Waals surface area contributed by atoms with Gasteiger partial charge in [0.15, 0.2) is 0 Å². The Balaban J connectivity index is 2.24. The maximum absolute atomic E-state index is 10.9. The van der Waals surface area contributed by atoms with Gasteiger partial charge < -0.3 is 9.47 Å². The molecule has 0 aliphatic carbocycles. The Bertz CT molecular complexity index is 248. The zero-order valence-corrected chi connectivity index (χ0v) is 11.5. The van der Waals surface area contributed by atoms with Crippen molar-refractivity contribution in [1.29, 1.82) is 0 Å². The minimum absolute atomic E-state index is 0.201. The molecule has 1 aliphatic heterocycles. The number of hydrogen-bond donors (Lipinski definition) is 0. The molecule has 0 aromatic rings. The SMILES string of the molecule is COC(=O)CCOC[C@H]1CCCN1C(C)(C)C. The summed E-state index contributed by atoms with van der Waals surface area (Å²) < 4.78 is 10.1. The van der Waals surface area contributed by atoms with E-state index in [1.54, 1.807) is 0 Å². The van der Waals surface area contributed by atoms with Crippen molar-refractivity contribution in [3.05, 3.63) is 0 Å². The number of hydrogen-bond acceptors (Lipinski definition) is 4. The maximum Gasteiger partial charge on any atom is 0.307 e. The molecule has 0 unspecified atom stereocenters. The molecule has 0 aromatic heterocycles. The Hall–Kier alpha value is -0.610. The highest BCUT2D eigenvalue weighted by molar-refractivity contribution is 5.69. The minimum atomic E-state index is -0.205. The number of nitrogens with zero attached hydrogens (tertiary/aromatic N) is 1. The lowest BCUT2D eigenvalue weighted by Gasteiger charge is -2.36. The second kappa shape index (κ2) is 6.36. The van der Waals surface area contributed by atoms with E-state index in [0.29, 0.717) is 25.7 Å². The Morgan fingerprint density at radius 2 is 2.12 bits per heavy atom. The number of ether oxygens (including phenoxy) is 2. The highest BCUT2D eigenvalue weighted by Gasteiger charge is 2.32. The maximum atomic E-state index is 10.9. The van der Waals surface area contributed by atoms with Crippen LogP contribution < -0.4 is 0 Å². The summed E-state index contributed by atoms with van der Waals surface area (Å²) in [6, 6.07) is 0.493. The average Bonchev–Trinajstić information content (AvgIpc) is 2.71. The van der Waals surface area contributed by atoms with Crippen molar-refractivity contribution in [1.82, 2.24) is 4.90 Å². The zero-order valence-electron chi connectivity index (χ0n) is 11.5. The molecule has 1 rings (SSSR count). The van der Waals surface area contributed by atoms with Gasteiger partial charge in [0.2, 0.25) is 0 Å². The molecule has 17 heavy (non-hydrogen) atoms. The van der Waals surface area contributed by atoms with Crippen molar-refractivity contribution >= 4 is 5.97 Å². The molecular formula is C13H25NO3. The Morgan fingerprint density at radius 3 is 2.71 bits per heavy atom. The normalized spacial score (nSPS) is 21.8. The number of esters is 1. The van der Waals surface area contributed by atoms with E-state index in [1.807, 2.05) is 0 Å². The molecule has 0 aromatic carbocycles. The lowest BCUT2D eigenvalue weighted by atomic mass is 10.1. The fourth-order valence-electron chi connectivity index (χ4n) is 2.37. The quantitative estimate of drug-likeness (QED) is 0.545. The molecule has 0 saturated carbocycles. The second-order valence-corrected chi connectivity index (χ2v) is 5.56. The topological polar surface area (TPSA) is 38.8 Å². The number of rotatable bonds is 5. The van der Waals surface area contributed by atoms with Crippen LogP contribution in [0.25, 0.3) is 0 Å². The molecule has 1 heterocycles. The molecule has 1 aliphatic rings. The van der Waals surface area contributed by atoms with Crippen LogP contribution in [0, 0.1) is 0 Å². The van der Waals surface area contributed by atoms with Crippen molar-refractivity contribution in [2.24, 2.45) is 0 Å². The Labute approximate surface area is 104 Å². The third-order valence-electron chi connectivity index (χ3n) is 3.23. The molecule has 0 spiro atoms. The van der Waals surface area contributed by atoms with Gasteiger partial charge in [-0.05, 0) is 40.2 Å². The smallest absolute Gasteiger partial charge is 0.307 e. The lowest BCUT2D eigenvalue weighted by Crippen LogP contribution is -2.46. The van der Waals surface area contributed by atoms with Gasteiger partial charge in [0.25, 0.3) is 0 Å². The van der Waals surface area contributed by atoms with E-state index in [9.17, 15) is 4.79 Å². The van der Waals surface area contributed by atoms with E-state index in [1.165, 1.54) is 20.0 Å². The fourth-order valence-corrected chi connectivity index (χ4v) is 2.37. The highest BCUT2D eigenvalue weighted by atomic mass is 16.5. The highest BCUT2D eigenvalue weighted by Crippen LogP contribution is 2.26. The molecule has 0 bridgehead atoms. The summed E-state index contributed by atoms with van der Waals surface area (Å²) >= 11 is 0. The van der Waals surface area contributed by atoms with Crippen molar-refractivity contribution in [3.8, 4) is 0 Å². The van der Waals surface area contributed by atoms with Gasteiger partial charge in [-0.2, -0.15) is 0 Å². The molecular weight excluding hydrogens is 218 g/mol. The number of likely N-dealkylation sites (tertiary alicyclic amines) is 1. The summed E-state index contributed by atoms with van der Waals surface area (Å²) in [5.41, 5.74) is 0.201. The van der Waals surface area contributed by atoms with Crippen LogP contribution >= 0.6 is 0 Å². The molecule has 1 fully saturated rings. The molecule has 0 N–H and O–H groups in total. The first-order valence-corrected chi connectivity index (χ1v) is 6.36. The van der Waals surface area contributed by atoms with Gasteiger partial charge in [-0.15, -0.1) is 0 Å². The van der Waals surface area contributed by atoms with Gasteiger partial charge in [0, 0.05) is 11.6 Å². The van der Waals surface area contributed by atoms with Gasteiger partial charge in [-0.3, -0.25) is 9.69 Å². The van der Waals surface area contributed by atoms with E-state index >= 15 is 0 Å². The molecule has 100 valence electrons. The first-order valence-electron chi connectivity index (χ1n) is 6.36. The van der Waals surface area contributed by atoms with Gasteiger partial charge in [0.05, 0.1) is 26.7 Å². The second-order valence-electron chi connectivity index (χ2n) is 5.56. The third-order valence-corrected chi connectivity index (χ3v) is 3.23. The van der Waals surface area contributed by atoms with Gasteiger partial charge >= 0.3 is 5.97 Å². The van der Waals surface area contributed by atoms with E-state index in [0.717, 1.165) is 6.54 Å². The van der Waals surface area contributed by atoms with Crippen molar-refractivity contribution in [3.63, 3.8) is 0 Å². The Kier molecular flexibility index (Phi) is 5.40. The van der Waals surface area contributed by atoms with Crippen LogP contribution in [0.1, 0.15) is 40.0 Å². The molecule has 1 saturated heterocycles. The zero-order chi connectivity index (χ0) is 12.9. The number of carbonyl (C=O) groups is 1. The van der Waals surface area contributed by atoms with Crippen molar-refractivity contribution in [2.75, 3.05) is 26.9 Å². The Morgan fingerprint density at radius 1 is 1.41 bits per heavy atom. The molecule has 4 nitrogen and oxygen atoms in total. The van der Waals surface area contributed by atoms with E-state index < -0.39 is 0 Å². The van der Waals surface area contributed by atoms with Gasteiger partial charge in [0.1, 0.15) is 0 Å². The fraction of sp³-hybridized carbons (Fsp3) is 0.923. The largest absolute Gasteiger partial charge is 0.469 e. The molecule has 0 amide bonds. The van der Waals surface area contributed by atoms with Crippen molar-refractivity contribution in [2.45, 2.75) is 51.6 Å². The van der Waals surface area contributed by atoms with Crippen molar-refractivity contribution < 1.29 is 14.3 Å².